The molecule has 1 atom stereocenters. The van der Waals surface area contributed by atoms with Gasteiger partial charge in [0, 0.05) is 6.54 Å². The standard InChI is InChI=1S/C19H24N2O4S/c1-4-18(19(22)20-13-15-7-5-14(2)6-8-15)21-26(23,24)17-11-9-16(25-3)10-12-17/h5-12,18,21H,4,13H2,1-3H3,(H,20,22)/t18-/m1/s1. The van der Waals surface area contributed by atoms with Crippen LogP contribution in [0.15, 0.2) is 53.4 Å². The number of amides is 1. The second-order valence-corrected chi connectivity index (χ2v) is 7.68. The molecule has 0 spiro atoms. The van der Waals surface area contributed by atoms with E-state index >= 15 is 0 Å². The van der Waals surface area contributed by atoms with E-state index in [1.54, 1.807) is 19.1 Å². The topological polar surface area (TPSA) is 84.5 Å². The second-order valence-electron chi connectivity index (χ2n) is 5.96. The Morgan fingerprint density at radius 3 is 2.23 bits per heavy atom. The SMILES string of the molecule is CC[C@@H](NS(=O)(=O)c1ccc(OC)cc1)C(=O)NCc1ccc(C)cc1. The first-order valence-electron chi connectivity index (χ1n) is 8.35. The molecule has 7 heteroatoms. The molecule has 0 aromatic heterocycles. The highest BCUT2D eigenvalue weighted by Crippen LogP contribution is 2.16. The third kappa shape index (κ3) is 5.31. The quantitative estimate of drug-likeness (QED) is 0.741. The number of ether oxygens (including phenoxy) is 1. The van der Waals surface area contributed by atoms with Crippen molar-refractivity contribution in [1.29, 1.82) is 0 Å². The molecular weight excluding hydrogens is 352 g/mol. The molecule has 2 N–H and O–H groups in total. The number of benzene rings is 2. The summed E-state index contributed by atoms with van der Waals surface area (Å²) in [5.41, 5.74) is 2.09. The maximum absolute atomic E-state index is 12.5. The number of nitrogens with one attached hydrogen (secondary N) is 2. The van der Waals surface area contributed by atoms with E-state index in [0.29, 0.717) is 18.7 Å². The number of hydrogen-bond donors (Lipinski definition) is 2. The molecule has 0 bridgehead atoms. The fourth-order valence-corrected chi connectivity index (χ4v) is 3.63. The summed E-state index contributed by atoms with van der Waals surface area (Å²) in [5, 5.41) is 2.78. The summed E-state index contributed by atoms with van der Waals surface area (Å²) in [5.74, 6) is 0.206. The molecular formula is C19H24N2O4S. The minimum absolute atomic E-state index is 0.0862. The van der Waals surface area contributed by atoms with Crippen molar-refractivity contribution in [1.82, 2.24) is 10.0 Å². The predicted molar refractivity (Wildman–Crippen MR) is 100 cm³/mol. The molecule has 2 aromatic rings. The Morgan fingerprint density at radius 1 is 1.08 bits per heavy atom. The summed E-state index contributed by atoms with van der Waals surface area (Å²) in [6.45, 7) is 4.09. The van der Waals surface area contributed by atoms with Crippen LogP contribution in [0.5, 0.6) is 5.75 Å². The van der Waals surface area contributed by atoms with Crippen LogP contribution in [0.1, 0.15) is 24.5 Å². The molecule has 0 unspecified atom stereocenters. The predicted octanol–water partition coefficient (Wildman–Crippen LogP) is 2.38. The number of methoxy groups -OCH3 is 1. The zero-order chi connectivity index (χ0) is 19.2. The van der Waals surface area contributed by atoms with E-state index in [9.17, 15) is 13.2 Å². The third-order valence-corrected chi connectivity index (χ3v) is 5.47. The summed E-state index contributed by atoms with van der Waals surface area (Å²) in [6.07, 6.45) is 0.342. The Labute approximate surface area is 154 Å². The highest BCUT2D eigenvalue weighted by Gasteiger charge is 2.24. The fraction of sp³-hybridized carbons (Fsp3) is 0.316. The van der Waals surface area contributed by atoms with Crippen LogP contribution in [0, 0.1) is 6.92 Å². The lowest BCUT2D eigenvalue weighted by atomic mass is 10.1. The number of carbonyl (C=O) groups is 1. The Bertz CT molecular complexity index is 831. The zero-order valence-electron chi connectivity index (χ0n) is 15.2. The van der Waals surface area contributed by atoms with Gasteiger partial charge in [0.1, 0.15) is 11.8 Å². The highest BCUT2D eigenvalue weighted by molar-refractivity contribution is 7.89. The van der Waals surface area contributed by atoms with Gasteiger partial charge in [0.25, 0.3) is 0 Å². The Hall–Kier alpha value is -2.38. The van der Waals surface area contributed by atoms with Gasteiger partial charge in [-0.15, -0.1) is 0 Å². The van der Waals surface area contributed by atoms with Crippen molar-refractivity contribution < 1.29 is 17.9 Å². The molecule has 6 nitrogen and oxygen atoms in total. The Balaban J connectivity index is 2.01. The first kappa shape index (κ1) is 19.9. The summed E-state index contributed by atoms with van der Waals surface area (Å²) < 4.78 is 32.5. The van der Waals surface area contributed by atoms with E-state index in [-0.39, 0.29) is 10.8 Å². The Morgan fingerprint density at radius 2 is 1.69 bits per heavy atom. The van der Waals surface area contributed by atoms with Crippen LogP contribution in [0.2, 0.25) is 0 Å². The van der Waals surface area contributed by atoms with Gasteiger partial charge >= 0.3 is 0 Å². The van der Waals surface area contributed by atoms with E-state index < -0.39 is 16.1 Å². The summed E-state index contributed by atoms with van der Waals surface area (Å²) in [6, 6.07) is 13.0. The summed E-state index contributed by atoms with van der Waals surface area (Å²) >= 11 is 0. The molecule has 2 rings (SSSR count). The molecule has 0 saturated heterocycles. The Kier molecular flexibility index (Phi) is 6.76. The monoisotopic (exact) mass is 376 g/mol. The second kappa shape index (κ2) is 8.82. The van der Waals surface area contributed by atoms with Gasteiger partial charge in [-0.3, -0.25) is 4.79 Å². The lowest BCUT2D eigenvalue weighted by molar-refractivity contribution is -0.122. The molecule has 0 aliphatic carbocycles. The normalized spacial score (nSPS) is 12.4. The van der Waals surface area contributed by atoms with Crippen LogP contribution in [0.3, 0.4) is 0 Å². The molecule has 0 saturated carbocycles. The van der Waals surface area contributed by atoms with Crippen molar-refractivity contribution in [2.45, 2.75) is 37.8 Å². The van der Waals surface area contributed by atoms with Gasteiger partial charge in [0.2, 0.25) is 15.9 Å². The van der Waals surface area contributed by atoms with Crippen LogP contribution < -0.4 is 14.8 Å². The van der Waals surface area contributed by atoms with Crippen LogP contribution in [-0.2, 0) is 21.4 Å². The first-order chi connectivity index (χ1) is 12.4. The van der Waals surface area contributed by atoms with E-state index in [2.05, 4.69) is 10.0 Å². The molecule has 1 amide bonds. The maximum atomic E-state index is 12.5. The summed E-state index contributed by atoms with van der Waals surface area (Å²) in [7, 11) is -2.29. The number of carbonyl (C=O) groups excluding carboxylic acids is 1. The molecule has 0 fully saturated rings. The van der Waals surface area contributed by atoms with Crippen molar-refractivity contribution in [2.24, 2.45) is 0 Å². The number of sulfonamides is 1. The molecule has 0 radical (unpaired) electrons. The van der Waals surface area contributed by atoms with Crippen molar-refractivity contribution in [3.63, 3.8) is 0 Å². The minimum atomic E-state index is -3.80. The summed E-state index contributed by atoms with van der Waals surface area (Å²) in [4.78, 5) is 12.5. The number of aryl methyl sites for hydroxylation is 1. The average molecular weight is 376 g/mol. The van der Waals surface area contributed by atoms with Crippen molar-refractivity contribution in [2.75, 3.05) is 7.11 Å². The largest absolute Gasteiger partial charge is 0.497 e. The van der Waals surface area contributed by atoms with Gasteiger partial charge in [-0.05, 0) is 43.2 Å². The molecule has 26 heavy (non-hydrogen) atoms. The first-order valence-corrected chi connectivity index (χ1v) is 9.83. The van der Waals surface area contributed by atoms with Gasteiger partial charge in [0.05, 0.1) is 12.0 Å². The zero-order valence-corrected chi connectivity index (χ0v) is 16.0. The highest BCUT2D eigenvalue weighted by atomic mass is 32.2. The third-order valence-electron chi connectivity index (χ3n) is 3.98. The number of rotatable bonds is 8. The average Bonchev–Trinajstić information content (AvgIpc) is 2.65. The maximum Gasteiger partial charge on any atom is 0.241 e. The molecule has 0 aliphatic heterocycles. The van der Waals surface area contributed by atoms with Crippen LogP contribution in [-0.4, -0.2) is 27.5 Å². The van der Waals surface area contributed by atoms with Crippen LogP contribution >= 0.6 is 0 Å². The van der Waals surface area contributed by atoms with E-state index in [4.69, 9.17) is 4.74 Å². The van der Waals surface area contributed by atoms with Crippen LogP contribution in [0.4, 0.5) is 0 Å². The minimum Gasteiger partial charge on any atom is -0.497 e. The van der Waals surface area contributed by atoms with E-state index in [1.165, 1.54) is 19.2 Å². The lowest BCUT2D eigenvalue weighted by Gasteiger charge is -2.17. The molecule has 2 aromatic carbocycles. The van der Waals surface area contributed by atoms with Crippen molar-refractivity contribution in [3.8, 4) is 5.75 Å². The van der Waals surface area contributed by atoms with Gasteiger partial charge in [-0.25, -0.2) is 8.42 Å². The lowest BCUT2D eigenvalue weighted by Crippen LogP contribution is -2.46. The van der Waals surface area contributed by atoms with Gasteiger partial charge in [-0.1, -0.05) is 36.8 Å². The fourth-order valence-electron chi connectivity index (χ4n) is 2.35. The molecule has 140 valence electrons. The van der Waals surface area contributed by atoms with Crippen LogP contribution in [0.25, 0.3) is 0 Å². The molecule has 0 aliphatic rings. The van der Waals surface area contributed by atoms with E-state index in [0.717, 1.165) is 11.1 Å². The van der Waals surface area contributed by atoms with E-state index in [1.807, 2.05) is 31.2 Å². The van der Waals surface area contributed by atoms with Gasteiger partial charge in [0.15, 0.2) is 0 Å². The number of hydrogen-bond acceptors (Lipinski definition) is 4. The van der Waals surface area contributed by atoms with Crippen molar-refractivity contribution in [3.05, 3.63) is 59.7 Å². The van der Waals surface area contributed by atoms with Gasteiger partial charge < -0.3 is 10.1 Å². The van der Waals surface area contributed by atoms with Crippen molar-refractivity contribution >= 4 is 15.9 Å². The molecule has 0 heterocycles. The van der Waals surface area contributed by atoms with Gasteiger partial charge in [-0.2, -0.15) is 4.72 Å². The smallest absolute Gasteiger partial charge is 0.241 e.